The van der Waals surface area contributed by atoms with E-state index in [9.17, 15) is 0 Å². The topological polar surface area (TPSA) is 6.48 Å². The predicted molar refractivity (Wildman–Crippen MR) is 125 cm³/mol. The van der Waals surface area contributed by atoms with E-state index in [1.165, 1.54) is 22.5 Å². The highest BCUT2D eigenvalue weighted by molar-refractivity contribution is 5.37. The largest absolute Gasteiger partial charge is 0.342 e. The molecule has 0 aromatic carbocycles. The van der Waals surface area contributed by atoms with Gasteiger partial charge in [-0.15, -0.1) is 0 Å². The van der Waals surface area contributed by atoms with Crippen molar-refractivity contribution in [2.45, 2.75) is 68.2 Å². The van der Waals surface area contributed by atoms with E-state index in [0.29, 0.717) is 35.5 Å². The van der Waals surface area contributed by atoms with E-state index in [-0.39, 0.29) is 0 Å². The smallest absolute Gasteiger partial charge is 0.208 e. The summed E-state index contributed by atoms with van der Waals surface area (Å²) < 4.78 is 0. The summed E-state index contributed by atoms with van der Waals surface area (Å²) >= 11 is 0. The molecule has 2 radical (unpaired) electrons. The fourth-order valence-corrected chi connectivity index (χ4v) is 5.16. The van der Waals surface area contributed by atoms with Crippen molar-refractivity contribution in [2.24, 2.45) is 35.5 Å². The number of hydrogen-bond acceptors (Lipinski definition) is 2. The monoisotopic (exact) mass is 394 g/mol. The Hall–Kier alpha value is -1.44. The van der Waals surface area contributed by atoms with Crippen LogP contribution < -0.4 is 0 Å². The van der Waals surface area contributed by atoms with E-state index in [2.05, 4.69) is 96.2 Å². The van der Waals surface area contributed by atoms with Gasteiger partial charge in [-0.3, -0.25) is 0 Å². The zero-order chi connectivity index (χ0) is 21.3. The second-order valence-electron chi connectivity index (χ2n) is 10.4. The average Bonchev–Trinajstić information content (AvgIpc) is 3.15. The maximum Gasteiger partial charge on any atom is 0.208 e. The van der Waals surface area contributed by atoms with E-state index in [0.717, 1.165) is 25.9 Å². The molecule has 3 aliphatic rings. The summed E-state index contributed by atoms with van der Waals surface area (Å²) in [5.41, 5.74) is 6.07. The van der Waals surface area contributed by atoms with Crippen molar-refractivity contribution in [3.8, 4) is 0 Å². The summed E-state index contributed by atoms with van der Waals surface area (Å²) in [6.07, 6.45) is 11.8. The van der Waals surface area contributed by atoms with E-state index < -0.39 is 0 Å². The highest BCUT2D eigenvalue weighted by Gasteiger charge is 2.37. The summed E-state index contributed by atoms with van der Waals surface area (Å²) in [5, 5.41) is 0. The van der Waals surface area contributed by atoms with Crippen molar-refractivity contribution < 1.29 is 0 Å². The van der Waals surface area contributed by atoms with E-state index in [4.69, 9.17) is 0 Å². The van der Waals surface area contributed by atoms with Gasteiger partial charge in [0.25, 0.3) is 0 Å². The molecule has 0 aromatic heterocycles. The van der Waals surface area contributed by atoms with Crippen molar-refractivity contribution in [1.82, 2.24) is 9.80 Å². The first-order chi connectivity index (χ1) is 13.7. The van der Waals surface area contributed by atoms with Crippen LogP contribution in [0.1, 0.15) is 68.2 Å². The van der Waals surface area contributed by atoms with Gasteiger partial charge in [0.1, 0.15) is 0 Å². The quantitative estimate of drug-likeness (QED) is 0.484. The van der Waals surface area contributed by atoms with Gasteiger partial charge in [-0.05, 0) is 47.7 Å². The van der Waals surface area contributed by atoms with Gasteiger partial charge >= 0.3 is 0 Å². The molecule has 0 aromatic rings. The van der Waals surface area contributed by atoms with Crippen LogP contribution in [-0.2, 0) is 0 Å². The number of hydrogen-bond donors (Lipinski definition) is 0. The lowest BCUT2D eigenvalue weighted by molar-refractivity contribution is 0.291. The molecule has 1 aliphatic heterocycles. The zero-order valence-corrected chi connectivity index (χ0v) is 20.0. The Kier molecular flexibility index (Phi) is 7.02. The number of allylic oxidation sites excluding steroid dienone is 8. The van der Waals surface area contributed by atoms with Crippen LogP contribution in [0.15, 0.2) is 46.8 Å². The van der Waals surface area contributed by atoms with Crippen LogP contribution in [0.5, 0.6) is 0 Å². The lowest BCUT2D eigenvalue weighted by Gasteiger charge is -2.37. The minimum absolute atomic E-state index is 0.546. The lowest BCUT2D eigenvalue weighted by Crippen LogP contribution is -2.32. The fourth-order valence-electron chi connectivity index (χ4n) is 5.16. The van der Waals surface area contributed by atoms with Gasteiger partial charge in [-0.1, -0.05) is 79.7 Å². The molecule has 29 heavy (non-hydrogen) atoms. The minimum atomic E-state index is 0.546. The van der Waals surface area contributed by atoms with E-state index in [1.54, 1.807) is 0 Å². The van der Waals surface area contributed by atoms with E-state index in [1.807, 2.05) is 0 Å². The summed E-state index contributed by atoms with van der Waals surface area (Å²) in [5.74, 6) is 3.57. The molecule has 0 spiro atoms. The van der Waals surface area contributed by atoms with Crippen LogP contribution in [0.3, 0.4) is 0 Å². The first-order valence-electron chi connectivity index (χ1n) is 11.8. The van der Waals surface area contributed by atoms with Crippen LogP contribution in [0.4, 0.5) is 0 Å². The minimum Gasteiger partial charge on any atom is -0.342 e. The van der Waals surface area contributed by atoms with Crippen molar-refractivity contribution in [2.75, 3.05) is 13.1 Å². The Labute approximate surface area is 180 Å². The van der Waals surface area contributed by atoms with Gasteiger partial charge in [-0.2, -0.15) is 0 Å². The van der Waals surface area contributed by atoms with Gasteiger partial charge < -0.3 is 9.80 Å². The molecule has 160 valence electrons. The Morgan fingerprint density at radius 2 is 1.07 bits per heavy atom. The van der Waals surface area contributed by atoms with Crippen LogP contribution in [-0.4, -0.2) is 22.9 Å². The van der Waals surface area contributed by atoms with Crippen LogP contribution in [0.25, 0.3) is 0 Å². The molecule has 1 fully saturated rings. The summed E-state index contributed by atoms with van der Waals surface area (Å²) in [6.45, 7) is 24.8. The molecule has 0 N–H and O–H groups in total. The first kappa shape index (κ1) is 22.2. The Morgan fingerprint density at radius 1 is 0.690 bits per heavy atom. The molecular weight excluding hydrogens is 352 g/mol. The van der Waals surface area contributed by atoms with Crippen molar-refractivity contribution in [3.63, 3.8) is 0 Å². The second kappa shape index (κ2) is 9.14. The first-order valence-corrected chi connectivity index (χ1v) is 11.8. The average molecular weight is 395 g/mol. The Balaban J connectivity index is 1.95. The number of rotatable bonds is 6. The third-order valence-corrected chi connectivity index (χ3v) is 6.89. The summed E-state index contributed by atoms with van der Waals surface area (Å²) in [7, 11) is 0. The van der Waals surface area contributed by atoms with Gasteiger partial charge in [0.2, 0.25) is 6.67 Å². The highest BCUT2D eigenvalue weighted by Crippen LogP contribution is 2.42. The highest BCUT2D eigenvalue weighted by atomic mass is 15.4. The number of nitrogens with zero attached hydrogens (tertiary/aromatic N) is 2. The molecule has 1 saturated heterocycles. The van der Waals surface area contributed by atoms with Gasteiger partial charge in [0, 0.05) is 36.3 Å². The molecular formula is C27H42N2. The second-order valence-corrected chi connectivity index (χ2v) is 10.4. The molecule has 0 saturated carbocycles. The molecule has 3 rings (SSSR count). The normalized spacial score (nSPS) is 25.8. The third kappa shape index (κ3) is 4.52. The summed E-state index contributed by atoms with van der Waals surface area (Å²) in [4.78, 5) is 4.95. The maximum absolute atomic E-state index is 3.85. The SMILES string of the molecule is CC(C)C1=C(N2[C]N(C3=C(C(C)C)C=CC[C@@H]3C(C)C)CC2)C(C(C)C)CC=C1. The van der Waals surface area contributed by atoms with Crippen molar-refractivity contribution >= 4 is 0 Å². The van der Waals surface area contributed by atoms with Crippen LogP contribution in [0, 0.1) is 42.2 Å². The summed E-state index contributed by atoms with van der Waals surface area (Å²) in [6, 6.07) is 0. The van der Waals surface area contributed by atoms with Crippen LogP contribution >= 0.6 is 0 Å². The molecule has 1 unspecified atom stereocenters. The molecule has 0 amide bonds. The Bertz CT molecular complexity index is 642. The van der Waals surface area contributed by atoms with E-state index >= 15 is 0 Å². The maximum atomic E-state index is 3.85. The molecule has 1 heterocycles. The molecule has 2 nitrogen and oxygen atoms in total. The molecule has 2 aliphatic carbocycles. The van der Waals surface area contributed by atoms with Crippen LogP contribution in [0.2, 0.25) is 0 Å². The predicted octanol–water partition coefficient (Wildman–Crippen LogP) is 6.88. The third-order valence-electron chi connectivity index (χ3n) is 6.89. The van der Waals surface area contributed by atoms with Gasteiger partial charge in [0.15, 0.2) is 0 Å². The Morgan fingerprint density at radius 3 is 1.38 bits per heavy atom. The molecule has 2 atom stereocenters. The fraction of sp³-hybridized carbons (Fsp3) is 0.667. The van der Waals surface area contributed by atoms with Gasteiger partial charge in [-0.25, -0.2) is 0 Å². The lowest BCUT2D eigenvalue weighted by atomic mass is 9.80. The molecule has 2 heteroatoms. The van der Waals surface area contributed by atoms with Gasteiger partial charge in [0.05, 0.1) is 0 Å². The zero-order valence-electron chi connectivity index (χ0n) is 20.0. The standard InChI is InChI=1S/C27H42N2/c1-18(2)22-11-9-12-23(19(3)4)26(22)28-15-16-29(17-28)27-24(20(5)6)13-10-14-25(27)21(7)8/h9-11,13,18-21,23,25H,12,14-16H2,1-8H3/t23-,25?/m1/s1. The van der Waals surface area contributed by atoms with Crippen molar-refractivity contribution in [3.05, 3.63) is 53.5 Å². The van der Waals surface area contributed by atoms with Crippen molar-refractivity contribution in [1.29, 1.82) is 0 Å². The molecule has 0 bridgehead atoms.